The van der Waals surface area contributed by atoms with E-state index in [1.807, 2.05) is 20.8 Å². The van der Waals surface area contributed by atoms with Crippen LogP contribution in [0.1, 0.15) is 31.1 Å². The van der Waals surface area contributed by atoms with Gasteiger partial charge in [0.05, 0.1) is 11.3 Å². The first kappa shape index (κ1) is 17.3. The van der Waals surface area contributed by atoms with Crippen LogP contribution in [0.15, 0.2) is 12.1 Å². The summed E-state index contributed by atoms with van der Waals surface area (Å²) in [5.74, 6) is -1.73. The maximum Gasteiger partial charge on any atom is 0.410 e. The minimum absolute atomic E-state index is 0.0753. The predicted molar refractivity (Wildman–Crippen MR) is 90.2 cm³/mol. The third-order valence-electron chi connectivity index (χ3n) is 4.45. The van der Waals surface area contributed by atoms with E-state index in [9.17, 15) is 14.0 Å². The fourth-order valence-corrected chi connectivity index (χ4v) is 3.36. The number of likely N-dealkylation sites (tertiary alicyclic amines) is 1. The summed E-state index contributed by atoms with van der Waals surface area (Å²) >= 11 is 0. The van der Waals surface area contributed by atoms with Crippen molar-refractivity contribution in [1.29, 1.82) is 0 Å². The first-order valence-corrected chi connectivity index (χ1v) is 8.05. The molecule has 2 aliphatic heterocycles. The van der Waals surface area contributed by atoms with Crippen molar-refractivity contribution in [1.82, 2.24) is 4.90 Å². The molecule has 0 unspecified atom stereocenters. The van der Waals surface area contributed by atoms with E-state index in [1.54, 1.807) is 9.80 Å². The Morgan fingerprint density at radius 1 is 1.24 bits per heavy atom. The summed E-state index contributed by atoms with van der Waals surface area (Å²) in [6.07, 6.45) is -0.344. The van der Waals surface area contributed by atoms with Gasteiger partial charge in [-0.2, -0.15) is 0 Å². The predicted octanol–water partition coefficient (Wildman–Crippen LogP) is 2.16. The zero-order chi connectivity index (χ0) is 18.6. The summed E-state index contributed by atoms with van der Waals surface area (Å²) in [5, 5.41) is 9.12. The number of nitrogens with zero attached hydrogens (tertiary/aromatic N) is 2. The Morgan fingerprint density at radius 3 is 2.36 bits per heavy atom. The van der Waals surface area contributed by atoms with Gasteiger partial charge in [-0.25, -0.2) is 14.0 Å². The van der Waals surface area contributed by atoms with Crippen LogP contribution in [0.5, 0.6) is 0 Å². The maximum atomic E-state index is 14.1. The van der Waals surface area contributed by atoms with Crippen molar-refractivity contribution < 1.29 is 23.8 Å². The molecule has 0 aromatic heterocycles. The molecule has 1 amide bonds. The Morgan fingerprint density at radius 2 is 1.84 bits per heavy atom. The van der Waals surface area contributed by atoms with E-state index in [0.717, 1.165) is 6.07 Å². The monoisotopic (exact) mass is 351 g/mol. The average Bonchev–Trinajstić information content (AvgIpc) is 2.34. The number of carbonyl (C=O) groups is 2. The van der Waals surface area contributed by atoms with E-state index in [-0.39, 0.29) is 28.4 Å². The van der Waals surface area contributed by atoms with E-state index in [0.29, 0.717) is 26.2 Å². The summed E-state index contributed by atoms with van der Waals surface area (Å²) < 4.78 is 19.5. The van der Waals surface area contributed by atoms with Gasteiger partial charge in [-0.1, -0.05) is 0 Å². The van der Waals surface area contributed by atoms with Crippen LogP contribution in [0.4, 0.5) is 20.6 Å². The van der Waals surface area contributed by atoms with E-state index >= 15 is 0 Å². The van der Waals surface area contributed by atoms with E-state index < -0.39 is 17.4 Å². The van der Waals surface area contributed by atoms with Gasteiger partial charge in [-0.3, -0.25) is 0 Å². The van der Waals surface area contributed by atoms with Crippen molar-refractivity contribution in [2.45, 2.75) is 26.4 Å². The third-order valence-corrected chi connectivity index (χ3v) is 4.45. The van der Waals surface area contributed by atoms with Crippen LogP contribution in [0, 0.1) is 11.2 Å². The fourth-order valence-electron chi connectivity index (χ4n) is 3.36. The largest absolute Gasteiger partial charge is 0.478 e. The molecule has 0 radical (unpaired) electrons. The van der Waals surface area contributed by atoms with Crippen LogP contribution in [0.25, 0.3) is 0 Å². The van der Waals surface area contributed by atoms with Gasteiger partial charge in [-0.15, -0.1) is 0 Å². The lowest BCUT2D eigenvalue weighted by molar-refractivity contribution is -0.0454. The first-order valence-electron chi connectivity index (χ1n) is 8.05. The number of anilines is 2. The van der Waals surface area contributed by atoms with Crippen LogP contribution < -0.4 is 10.6 Å². The van der Waals surface area contributed by atoms with E-state index in [4.69, 9.17) is 15.6 Å². The molecule has 25 heavy (non-hydrogen) atoms. The number of nitrogen functional groups attached to an aromatic ring is 1. The van der Waals surface area contributed by atoms with Crippen molar-refractivity contribution in [3.05, 3.63) is 23.5 Å². The summed E-state index contributed by atoms with van der Waals surface area (Å²) in [6, 6.07) is 2.31. The number of carboxylic acid groups (broad SMARTS) is 1. The van der Waals surface area contributed by atoms with Crippen molar-refractivity contribution in [3.8, 4) is 0 Å². The number of ether oxygens (including phenoxy) is 1. The topological polar surface area (TPSA) is 96.1 Å². The maximum absolute atomic E-state index is 14.1. The number of rotatable bonds is 2. The molecular weight excluding hydrogens is 329 g/mol. The van der Waals surface area contributed by atoms with Gasteiger partial charge >= 0.3 is 12.1 Å². The molecule has 0 bridgehead atoms. The van der Waals surface area contributed by atoms with Crippen LogP contribution in [0.3, 0.4) is 0 Å². The second-order valence-corrected chi connectivity index (χ2v) is 7.89. The molecule has 1 aromatic rings. The SMILES string of the molecule is CC(C)(C)OC(=O)N1CC2(C1)CN(c1cc(C(=O)O)c(N)cc1F)C2. The average molecular weight is 351 g/mol. The van der Waals surface area contributed by atoms with E-state index in [2.05, 4.69) is 0 Å². The molecule has 2 aliphatic rings. The normalized spacial score (nSPS) is 18.6. The Balaban J connectivity index is 1.62. The minimum atomic E-state index is -1.19. The number of carbonyl (C=O) groups excluding carboxylic acids is 1. The minimum Gasteiger partial charge on any atom is -0.478 e. The van der Waals surface area contributed by atoms with Crippen LogP contribution >= 0.6 is 0 Å². The molecular formula is C17H22FN3O4. The van der Waals surface area contributed by atoms with Gasteiger partial charge in [0.15, 0.2) is 0 Å². The highest BCUT2D eigenvalue weighted by molar-refractivity contribution is 5.95. The van der Waals surface area contributed by atoms with Gasteiger partial charge in [0, 0.05) is 37.3 Å². The van der Waals surface area contributed by atoms with Crippen molar-refractivity contribution >= 4 is 23.4 Å². The second-order valence-electron chi connectivity index (χ2n) is 7.89. The lowest BCUT2D eigenvalue weighted by atomic mass is 9.72. The highest BCUT2D eigenvalue weighted by Gasteiger charge is 2.54. The number of carboxylic acids is 1. The number of hydrogen-bond acceptors (Lipinski definition) is 5. The number of amides is 1. The lowest BCUT2D eigenvalue weighted by Gasteiger charge is -2.60. The Hall–Kier alpha value is -2.51. The van der Waals surface area contributed by atoms with Crippen LogP contribution in [-0.4, -0.2) is 53.8 Å². The van der Waals surface area contributed by atoms with Gasteiger partial charge in [-0.05, 0) is 32.9 Å². The van der Waals surface area contributed by atoms with E-state index in [1.165, 1.54) is 6.07 Å². The molecule has 7 nitrogen and oxygen atoms in total. The molecule has 2 saturated heterocycles. The summed E-state index contributed by atoms with van der Waals surface area (Å²) in [6.45, 7) is 7.68. The highest BCUT2D eigenvalue weighted by Crippen LogP contribution is 2.43. The van der Waals surface area contributed by atoms with Gasteiger partial charge < -0.3 is 25.4 Å². The van der Waals surface area contributed by atoms with Gasteiger partial charge in [0.1, 0.15) is 11.4 Å². The number of halogens is 1. The Bertz CT molecular complexity index is 730. The molecule has 3 rings (SSSR count). The molecule has 3 N–H and O–H groups in total. The Labute approximate surface area is 145 Å². The lowest BCUT2D eigenvalue weighted by Crippen LogP contribution is -2.73. The quantitative estimate of drug-likeness (QED) is 0.793. The van der Waals surface area contributed by atoms with Crippen molar-refractivity contribution in [2.24, 2.45) is 5.41 Å². The Kier molecular flexibility index (Phi) is 3.81. The second kappa shape index (κ2) is 5.50. The molecule has 0 saturated carbocycles. The van der Waals surface area contributed by atoms with Crippen LogP contribution in [-0.2, 0) is 4.74 Å². The molecule has 2 heterocycles. The van der Waals surface area contributed by atoms with Crippen LogP contribution in [0.2, 0.25) is 0 Å². The molecule has 1 aromatic carbocycles. The third kappa shape index (κ3) is 3.20. The number of benzene rings is 1. The molecule has 1 spiro atoms. The standard InChI is InChI=1S/C17H22FN3O4/c1-16(2,3)25-15(24)21-8-17(9-21)6-20(7-17)13-4-10(14(22)23)12(19)5-11(13)18/h4-5H,6-9,19H2,1-3H3,(H,22,23). The van der Waals surface area contributed by atoms with Gasteiger partial charge in [0.2, 0.25) is 0 Å². The zero-order valence-electron chi connectivity index (χ0n) is 14.5. The summed E-state index contributed by atoms with van der Waals surface area (Å²) in [5.41, 5.74) is 4.96. The highest BCUT2D eigenvalue weighted by atomic mass is 19.1. The molecule has 0 aliphatic carbocycles. The fraction of sp³-hybridized carbons (Fsp3) is 0.529. The van der Waals surface area contributed by atoms with Crippen molar-refractivity contribution in [3.63, 3.8) is 0 Å². The number of nitrogens with two attached hydrogens (primary N) is 1. The molecule has 8 heteroatoms. The smallest absolute Gasteiger partial charge is 0.410 e. The molecule has 136 valence electrons. The van der Waals surface area contributed by atoms with Crippen molar-refractivity contribution in [2.75, 3.05) is 36.8 Å². The first-order chi connectivity index (χ1) is 11.5. The number of hydrogen-bond donors (Lipinski definition) is 2. The molecule has 0 atom stereocenters. The molecule has 2 fully saturated rings. The number of aromatic carboxylic acids is 1. The zero-order valence-corrected chi connectivity index (χ0v) is 14.5. The summed E-state index contributed by atoms with van der Waals surface area (Å²) in [4.78, 5) is 26.5. The summed E-state index contributed by atoms with van der Waals surface area (Å²) in [7, 11) is 0. The van der Waals surface area contributed by atoms with Gasteiger partial charge in [0.25, 0.3) is 0 Å².